The van der Waals surface area contributed by atoms with Gasteiger partial charge < -0.3 is 19.2 Å². The van der Waals surface area contributed by atoms with Crippen molar-refractivity contribution in [2.45, 2.75) is 18.4 Å². The van der Waals surface area contributed by atoms with E-state index in [0.29, 0.717) is 34.3 Å². The van der Waals surface area contributed by atoms with Crippen LogP contribution in [0, 0.1) is 6.92 Å². The van der Waals surface area contributed by atoms with Crippen molar-refractivity contribution in [1.82, 2.24) is 9.97 Å². The summed E-state index contributed by atoms with van der Waals surface area (Å²) in [6.45, 7) is 2.38. The Morgan fingerprint density at radius 3 is 2.55 bits per heavy atom. The molecule has 4 aromatic rings. The van der Waals surface area contributed by atoms with E-state index < -0.39 is 10.1 Å². The summed E-state index contributed by atoms with van der Waals surface area (Å²) in [5, 5.41) is 3.72. The van der Waals surface area contributed by atoms with Gasteiger partial charge in [-0.05, 0) is 48.9 Å². The lowest BCUT2D eigenvalue weighted by molar-refractivity contribution is 0.415. The first-order valence-corrected chi connectivity index (χ1v) is 11.2. The summed E-state index contributed by atoms with van der Waals surface area (Å²) in [4.78, 5) is 7.68. The predicted molar refractivity (Wildman–Crippen MR) is 120 cm³/mol. The maximum absolute atomic E-state index is 12.5. The number of fused-ring (bicyclic) bond motifs is 1. The van der Waals surface area contributed by atoms with Crippen LogP contribution in [0.4, 0.5) is 5.95 Å². The number of nitrogens with zero attached hydrogens (tertiary/aromatic N) is 1. The molecule has 0 bridgehead atoms. The van der Waals surface area contributed by atoms with Gasteiger partial charge in [0.15, 0.2) is 0 Å². The highest BCUT2D eigenvalue weighted by atomic mass is 35.5. The van der Waals surface area contributed by atoms with Gasteiger partial charge in [-0.1, -0.05) is 35.4 Å². The van der Waals surface area contributed by atoms with Gasteiger partial charge in [0.25, 0.3) is 0 Å². The lowest BCUT2D eigenvalue weighted by atomic mass is 10.2. The fourth-order valence-electron chi connectivity index (χ4n) is 3.01. The maximum atomic E-state index is 12.5. The summed E-state index contributed by atoms with van der Waals surface area (Å²) in [6, 6.07) is 16.9. The fraction of sp³-hybridized carbons (Fsp3) is 0.136. The highest BCUT2D eigenvalue weighted by molar-refractivity contribution is 7.87. The molecule has 1 aromatic heterocycles. The second-order valence-electron chi connectivity index (χ2n) is 6.94. The van der Waals surface area contributed by atoms with E-state index in [-0.39, 0.29) is 10.6 Å². The summed E-state index contributed by atoms with van der Waals surface area (Å²) >= 11 is 6.16. The summed E-state index contributed by atoms with van der Waals surface area (Å²) < 4.78 is 35.5. The van der Waals surface area contributed by atoms with E-state index in [4.69, 9.17) is 20.5 Å². The van der Waals surface area contributed by atoms with Crippen LogP contribution in [0.1, 0.15) is 11.1 Å². The fourth-order valence-corrected chi connectivity index (χ4v) is 4.21. The molecule has 0 radical (unpaired) electrons. The molecule has 9 heteroatoms. The van der Waals surface area contributed by atoms with E-state index in [1.165, 1.54) is 12.1 Å². The second-order valence-corrected chi connectivity index (χ2v) is 8.89. The number of H-pyrrole nitrogens is 1. The second kappa shape index (κ2) is 8.49. The average molecular weight is 458 g/mol. The topological polar surface area (TPSA) is 93.3 Å². The van der Waals surface area contributed by atoms with Crippen molar-refractivity contribution in [2.24, 2.45) is 0 Å². The number of aromatic amines is 1. The molecule has 1 heterocycles. The highest BCUT2D eigenvalue weighted by Crippen LogP contribution is 2.26. The van der Waals surface area contributed by atoms with Crippen LogP contribution >= 0.6 is 11.6 Å². The average Bonchev–Trinajstić information content (AvgIpc) is 3.14. The minimum absolute atomic E-state index is 0.100. The molecule has 0 saturated heterocycles. The van der Waals surface area contributed by atoms with Gasteiger partial charge in [-0.3, -0.25) is 0 Å². The number of aromatic nitrogens is 2. The normalized spacial score (nSPS) is 11.5. The molecule has 0 atom stereocenters. The van der Waals surface area contributed by atoms with Crippen molar-refractivity contribution < 1.29 is 17.3 Å². The molecular weight excluding hydrogens is 438 g/mol. The first-order valence-electron chi connectivity index (χ1n) is 9.41. The number of nitrogens with one attached hydrogen (secondary N) is 2. The molecule has 31 heavy (non-hydrogen) atoms. The van der Waals surface area contributed by atoms with Gasteiger partial charge in [-0.2, -0.15) is 8.42 Å². The largest absolute Gasteiger partial charge is 0.495 e. The summed E-state index contributed by atoms with van der Waals surface area (Å²) in [5.41, 5.74) is 3.25. The lowest BCUT2D eigenvalue weighted by Crippen LogP contribution is -2.09. The van der Waals surface area contributed by atoms with Gasteiger partial charge in [-0.15, -0.1) is 0 Å². The van der Waals surface area contributed by atoms with Gasteiger partial charge in [-0.25, -0.2) is 4.98 Å². The van der Waals surface area contributed by atoms with Gasteiger partial charge in [0.1, 0.15) is 16.4 Å². The van der Waals surface area contributed by atoms with Crippen LogP contribution in [0.2, 0.25) is 5.02 Å². The Bertz CT molecular complexity index is 1330. The zero-order valence-corrected chi connectivity index (χ0v) is 18.4. The maximum Gasteiger partial charge on any atom is 0.339 e. The first-order chi connectivity index (χ1) is 14.8. The molecule has 2 N–H and O–H groups in total. The molecule has 0 aliphatic carbocycles. The van der Waals surface area contributed by atoms with Gasteiger partial charge in [0.2, 0.25) is 5.95 Å². The monoisotopic (exact) mass is 457 g/mol. The number of ether oxygens (including phenoxy) is 1. The molecule has 0 spiro atoms. The van der Waals surface area contributed by atoms with E-state index in [0.717, 1.165) is 11.1 Å². The van der Waals surface area contributed by atoms with Crippen LogP contribution < -0.4 is 14.2 Å². The summed E-state index contributed by atoms with van der Waals surface area (Å²) in [5.74, 6) is 1.35. The van der Waals surface area contributed by atoms with Crippen molar-refractivity contribution in [3.63, 3.8) is 0 Å². The van der Waals surface area contributed by atoms with Crippen molar-refractivity contribution in [3.05, 3.63) is 76.8 Å². The zero-order chi connectivity index (χ0) is 22.0. The van der Waals surface area contributed by atoms with Gasteiger partial charge in [0, 0.05) is 12.6 Å². The van der Waals surface area contributed by atoms with Gasteiger partial charge >= 0.3 is 10.1 Å². The molecule has 4 rings (SSSR count). The van der Waals surface area contributed by atoms with Crippen LogP contribution in [0.25, 0.3) is 11.0 Å². The third-order valence-electron chi connectivity index (χ3n) is 4.65. The molecule has 0 fully saturated rings. The third kappa shape index (κ3) is 4.76. The van der Waals surface area contributed by atoms with Crippen LogP contribution in [-0.4, -0.2) is 25.5 Å². The van der Waals surface area contributed by atoms with Crippen LogP contribution in [0.15, 0.2) is 65.6 Å². The Morgan fingerprint density at radius 1 is 1.06 bits per heavy atom. The SMILES string of the molecule is COc1ccc(CNc2nc3ccc(OS(=O)(=O)c4ccc(C)cc4)cc3[nH]2)cc1Cl. The Labute approximate surface area is 185 Å². The Hall–Kier alpha value is -3.23. The minimum atomic E-state index is -3.92. The number of aryl methyl sites for hydroxylation is 1. The van der Waals surface area contributed by atoms with Crippen LogP contribution in [0.5, 0.6) is 11.5 Å². The number of methoxy groups -OCH3 is 1. The highest BCUT2D eigenvalue weighted by Gasteiger charge is 2.17. The van der Waals surface area contributed by atoms with E-state index in [2.05, 4.69) is 15.3 Å². The van der Waals surface area contributed by atoms with Crippen molar-refractivity contribution in [1.29, 1.82) is 0 Å². The molecule has 160 valence electrons. The molecule has 0 saturated carbocycles. The minimum Gasteiger partial charge on any atom is -0.495 e. The molecule has 0 amide bonds. The molecule has 7 nitrogen and oxygen atoms in total. The predicted octanol–water partition coefficient (Wildman–Crippen LogP) is 4.91. The number of benzene rings is 3. The van der Waals surface area contributed by atoms with Crippen molar-refractivity contribution >= 4 is 38.7 Å². The lowest BCUT2D eigenvalue weighted by Gasteiger charge is -2.07. The number of hydrogen-bond donors (Lipinski definition) is 2. The first kappa shape index (κ1) is 21.0. The standard InChI is InChI=1S/C22H20ClN3O4S/c1-14-3-7-17(8-4-14)31(27,28)30-16-6-9-19-20(12-16)26-22(25-19)24-13-15-5-10-21(29-2)18(23)11-15/h3-12H,13H2,1-2H3,(H2,24,25,26). The number of anilines is 1. The van der Waals surface area contributed by atoms with E-state index in [1.54, 1.807) is 43.5 Å². The van der Waals surface area contributed by atoms with E-state index >= 15 is 0 Å². The Kier molecular flexibility index (Phi) is 5.75. The van der Waals surface area contributed by atoms with Crippen LogP contribution in [0.3, 0.4) is 0 Å². The van der Waals surface area contributed by atoms with E-state index in [1.807, 2.05) is 19.1 Å². The summed E-state index contributed by atoms with van der Waals surface area (Å²) in [6.07, 6.45) is 0. The summed E-state index contributed by atoms with van der Waals surface area (Å²) in [7, 11) is -2.35. The van der Waals surface area contributed by atoms with Crippen molar-refractivity contribution in [3.8, 4) is 11.5 Å². The van der Waals surface area contributed by atoms with Crippen LogP contribution in [-0.2, 0) is 16.7 Å². The smallest absolute Gasteiger partial charge is 0.339 e. The molecule has 0 aliphatic rings. The number of rotatable bonds is 7. The number of hydrogen-bond acceptors (Lipinski definition) is 6. The number of imidazole rings is 1. The zero-order valence-electron chi connectivity index (χ0n) is 16.8. The Balaban J connectivity index is 1.49. The molecule has 0 aliphatic heterocycles. The molecule has 0 unspecified atom stereocenters. The number of halogens is 1. The van der Waals surface area contributed by atoms with Gasteiger partial charge in [0.05, 0.1) is 23.2 Å². The van der Waals surface area contributed by atoms with E-state index in [9.17, 15) is 8.42 Å². The third-order valence-corrected chi connectivity index (χ3v) is 6.20. The van der Waals surface area contributed by atoms with Crippen molar-refractivity contribution in [2.75, 3.05) is 12.4 Å². The quantitative estimate of drug-likeness (QED) is 0.383. The Morgan fingerprint density at radius 2 is 1.84 bits per heavy atom. The molecular formula is C22H20ClN3O4S. The molecule has 3 aromatic carbocycles.